The second-order valence-electron chi connectivity index (χ2n) is 15.6. The number of allylic oxidation sites excluding steroid dienone is 1. The molecule has 2 saturated heterocycles. The van der Waals surface area contributed by atoms with Crippen molar-refractivity contribution in [1.82, 2.24) is 19.8 Å². The normalized spacial score (nSPS) is 17.7. The van der Waals surface area contributed by atoms with Gasteiger partial charge in [0.05, 0.1) is 32.5 Å². The molecular weight excluding hydrogens is 832 g/mol. The third kappa shape index (κ3) is 9.80. The number of benzene rings is 4. The molecule has 0 spiro atoms. The number of alkyl halides is 2. The number of amides is 1. The van der Waals surface area contributed by atoms with Crippen molar-refractivity contribution in [3.8, 4) is 11.5 Å². The molecule has 0 radical (unpaired) electrons. The number of carbonyl (C=O) groups excluding carboxylic acids is 1. The fraction of sp³-hybridized carbons (Fsp3) is 0.349. The molecule has 320 valence electrons. The molecule has 61 heavy (non-hydrogen) atoms. The van der Waals surface area contributed by atoms with Crippen LogP contribution in [0, 0.1) is 16.0 Å². The molecule has 5 aromatic rings. The molecule has 2 fully saturated rings. The summed E-state index contributed by atoms with van der Waals surface area (Å²) in [6.07, 6.45) is 2.95. The summed E-state index contributed by atoms with van der Waals surface area (Å²) in [6.45, 7) is 4.29. The lowest BCUT2D eigenvalue weighted by Crippen LogP contribution is -2.47. The van der Waals surface area contributed by atoms with Crippen LogP contribution in [-0.2, 0) is 14.8 Å². The summed E-state index contributed by atoms with van der Waals surface area (Å²) < 4.78 is 70.6. The maximum absolute atomic E-state index is 14.7. The van der Waals surface area contributed by atoms with E-state index in [1.165, 1.54) is 18.2 Å². The Morgan fingerprint density at radius 3 is 2.54 bits per heavy atom. The number of aromatic amines is 1. The van der Waals surface area contributed by atoms with E-state index in [1.54, 1.807) is 48.7 Å². The molecular formula is C43H44ClF2N7O7S. The van der Waals surface area contributed by atoms with Gasteiger partial charge in [-0.25, -0.2) is 21.9 Å². The Morgan fingerprint density at radius 2 is 1.79 bits per heavy atom. The number of nitro groups is 1. The van der Waals surface area contributed by atoms with Crippen molar-refractivity contribution in [2.45, 2.75) is 42.9 Å². The summed E-state index contributed by atoms with van der Waals surface area (Å²) in [5.74, 6) is -3.12. The quantitative estimate of drug-likeness (QED) is 0.0768. The van der Waals surface area contributed by atoms with Gasteiger partial charge in [-0.3, -0.25) is 24.9 Å². The summed E-state index contributed by atoms with van der Waals surface area (Å²) in [5.41, 5.74) is 3.54. The Hall–Kier alpha value is -5.62. The van der Waals surface area contributed by atoms with Crippen LogP contribution in [0.25, 0.3) is 16.5 Å². The van der Waals surface area contributed by atoms with Crippen LogP contribution >= 0.6 is 11.6 Å². The Balaban J connectivity index is 1.01. The van der Waals surface area contributed by atoms with E-state index in [4.69, 9.17) is 21.1 Å². The molecule has 1 aliphatic carbocycles. The second kappa shape index (κ2) is 17.8. The maximum Gasteiger partial charge on any atom is 0.293 e. The molecule has 3 N–H and O–H groups in total. The van der Waals surface area contributed by atoms with Crippen LogP contribution in [-0.4, -0.2) is 92.8 Å². The molecule has 14 nitrogen and oxygen atoms in total. The molecule has 1 amide bonds. The van der Waals surface area contributed by atoms with E-state index in [9.17, 15) is 32.1 Å². The van der Waals surface area contributed by atoms with E-state index in [0.717, 1.165) is 30.0 Å². The van der Waals surface area contributed by atoms with Gasteiger partial charge in [-0.2, -0.15) is 5.10 Å². The number of nitro benzene ring substituents is 1. The molecule has 3 heterocycles. The SMILES string of the molecule is O=C(NS(=O)(=O)c1ccc(NCC2CCOCC2)c([N+](=O)[O-])c1)c1ccc(N2CCN(CC3=C(c4ccc(Cl)cc4)CCC(F)(F)C3)CC2)cc1Oc1cccc2[nH]ncc12. The van der Waals surface area contributed by atoms with Crippen LogP contribution in [0.4, 0.5) is 25.8 Å². The third-order valence-corrected chi connectivity index (χ3v) is 13.1. The number of hydrogen-bond acceptors (Lipinski definition) is 11. The number of piperazine rings is 1. The Bertz CT molecular complexity index is 2580. The number of rotatable bonds is 13. The van der Waals surface area contributed by atoms with Gasteiger partial charge in [0.1, 0.15) is 17.2 Å². The first-order valence-electron chi connectivity index (χ1n) is 20.0. The van der Waals surface area contributed by atoms with Gasteiger partial charge in [0.25, 0.3) is 27.5 Å². The number of carbonyl (C=O) groups is 1. The molecule has 2 aliphatic heterocycles. The van der Waals surface area contributed by atoms with Crippen LogP contribution in [0.1, 0.15) is 48.0 Å². The average molecular weight is 876 g/mol. The van der Waals surface area contributed by atoms with Gasteiger partial charge in [0.15, 0.2) is 0 Å². The highest BCUT2D eigenvalue weighted by Crippen LogP contribution is 2.42. The summed E-state index contributed by atoms with van der Waals surface area (Å²) in [4.78, 5) is 29.1. The molecule has 0 saturated carbocycles. The van der Waals surface area contributed by atoms with Crippen molar-refractivity contribution in [1.29, 1.82) is 0 Å². The predicted molar refractivity (Wildman–Crippen MR) is 228 cm³/mol. The van der Waals surface area contributed by atoms with Crippen LogP contribution in [0.3, 0.4) is 0 Å². The summed E-state index contributed by atoms with van der Waals surface area (Å²) in [6, 6.07) is 20.8. The largest absolute Gasteiger partial charge is 0.456 e. The van der Waals surface area contributed by atoms with Gasteiger partial charge in [0.2, 0.25) is 0 Å². The van der Waals surface area contributed by atoms with Gasteiger partial charge in [-0.15, -0.1) is 0 Å². The highest BCUT2D eigenvalue weighted by Gasteiger charge is 2.36. The second-order valence-corrected chi connectivity index (χ2v) is 17.7. The van der Waals surface area contributed by atoms with Crippen molar-refractivity contribution in [3.63, 3.8) is 0 Å². The first-order chi connectivity index (χ1) is 29.3. The van der Waals surface area contributed by atoms with E-state index in [2.05, 4.69) is 30.0 Å². The van der Waals surface area contributed by atoms with Crippen molar-refractivity contribution in [2.75, 3.05) is 62.7 Å². The van der Waals surface area contributed by atoms with E-state index in [-0.39, 0.29) is 42.2 Å². The summed E-state index contributed by atoms with van der Waals surface area (Å²) >= 11 is 6.11. The standard InChI is InChI=1S/C43H44ClF2N7O7S/c44-31-6-4-29(5-7-31)34-12-15-43(45,46)24-30(34)27-51-16-18-52(19-17-51)32-8-10-35(41(22-32)60-40-3-1-2-37-36(40)26-48-49-37)42(54)50-61(57,58)33-9-11-38(39(23-33)53(55)56)47-25-28-13-20-59-21-14-28/h1-11,22-23,26,28,47H,12-21,24-25,27H2,(H,48,49)(H,50,54). The number of sulfonamides is 1. The minimum Gasteiger partial charge on any atom is -0.456 e. The highest BCUT2D eigenvalue weighted by molar-refractivity contribution is 7.90. The van der Waals surface area contributed by atoms with Crippen LogP contribution in [0.2, 0.25) is 5.02 Å². The number of fused-ring (bicyclic) bond motifs is 1. The van der Waals surface area contributed by atoms with Gasteiger partial charge < -0.3 is 19.7 Å². The molecule has 0 unspecified atom stereocenters. The zero-order valence-electron chi connectivity index (χ0n) is 33.0. The lowest BCUT2D eigenvalue weighted by atomic mass is 9.85. The fourth-order valence-electron chi connectivity index (χ4n) is 8.13. The fourth-order valence-corrected chi connectivity index (χ4v) is 9.24. The topological polar surface area (TPSA) is 172 Å². The summed E-state index contributed by atoms with van der Waals surface area (Å²) in [7, 11) is -4.60. The monoisotopic (exact) mass is 875 g/mol. The van der Waals surface area contributed by atoms with Gasteiger partial charge in [-0.05, 0) is 90.4 Å². The molecule has 3 aliphatic rings. The number of H-pyrrole nitrogens is 1. The lowest BCUT2D eigenvalue weighted by Gasteiger charge is -2.38. The maximum atomic E-state index is 14.7. The average Bonchev–Trinajstić information content (AvgIpc) is 3.74. The number of halogens is 3. The third-order valence-electron chi connectivity index (χ3n) is 11.5. The number of nitrogens with zero attached hydrogens (tertiary/aromatic N) is 4. The highest BCUT2D eigenvalue weighted by atomic mass is 35.5. The van der Waals surface area contributed by atoms with Crippen molar-refractivity contribution >= 4 is 61.1 Å². The minimum absolute atomic E-state index is 0.0576. The van der Waals surface area contributed by atoms with Crippen LogP contribution in [0.5, 0.6) is 11.5 Å². The zero-order valence-corrected chi connectivity index (χ0v) is 34.6. The number of aromatic nitrogens is 2. The zero-order chi connectivity index (χ0) is 42.7. The van der Waals surface area contributed by atoms with Crippen molar-refractivity contribution < 1.29 is 36.4 Å². The van der Waals surface area contributed by atoms with Crippen molar-refractivity contribution in [2.24, 2.45) is 5.92 Å². The Labute approximate surface area is 356 Å². The smallest absolute Gasteiger partial charge is 0.293 e. The first kappa shape index (κ1) is 42.1. The number of hydrogen-bond donors (Lipinski definition) is 3. The Morgan fingerprint density at radius 1 is 1.02 bits per heavy atom. The van der Waals surface area contributed by atoms with E-state index >= 15 is 0 Å². The van der Waals surface area contributed by atoms with Crippen LogP contribution < -0.4 is 19.7 Å². The number of ether oxygens (including phenoxy) is 2. The number of nitrogens with one attached hydrogen (secondary N) is 3. The van der Waals surface area contributed by atoms with E-state index < -0.39 is 37.4 Å². The Kier molecular flexibility index (Phi) is 12.3. The molecule has 0 atom stereocenters. The van der Waals surface area contributed by atoms with E-state index in [1.807, 2.05) is 12.1 Å². The minimum atomic E-state index is -4.60. The molecule has 0 bridgehead atoms. The molecule has 4 aromatic carbocycles. The lowest BCUT2D eigenvalue weighted by molar-refractivity contribution is -0.384. The molecule has 8 rings (SSSR count). The summed E-state index contributed by atoms with van der Waals surface area (Å²) in [5, 5.41) is 23.3. The number of anilines is 2. The van der Waals surface area contributed by atoms with Gasteiger partial charge >= 0.3 is 0 Å². The molecule has 1 aromatic heterocycles. The van der Waals surface area contributed by atoms with Gasteiger partial charge in [0, 0.05) is 88.2 Å². The van der Waals surface area contributed by atoms with E-state index in [0.29, 0.717) is 85.4 Å². The predicted octanol–water partition coefficient (Wildman–Crippen LogP) is 8.27. The molecule has 18 heteroatoms. The van der Waals surface area contributed by atoms with Crippen molar-refractivity contribution in [3.05, 3.63) is 117 Å². The van der Waals surface area contributed by atoms with Crippen LogP contribution in [0.15, 0.2) is 95.5 Å². The first-order valence-corrected chi connectivity index (χ1v) is 21.9. The van der Waals surface area contributed by atoms with Gasteiger partial charge in [-0.1, -0.05) is 29.8 Å².